The number of rotatable bonds is 3. The average molecular weight is 331 g/mol. The average Bonchev–Trinajstić information content (AvgIpc) is 3.14. The summed E-state index contributed by atoms with van der Waals surface area (Å²) in [5, 5.41) is 3.15. The lowest BCUT2D eigenvalue weighted by Crippen LogP contribution is -2.35. The van der Waals surface area contributed by atoms with Gasteiger partial charge in [-0.15, -0.1) is 11.3 Å². The van der Waals surface area contributed by atoms with Gasteiger partial charge in [0.05, 0.1) is 31.0 Å². The summed E-state index contributed by atoms with van der Waals surface area (Å²) in [6.45, 7) is 4.35. The number of morpholine rings is 1. The van der Waals surface area contributed by atoms with Gasteiger partial charge in [0.15, 0.2) is 5.58 Å². The highest BCUT2D eigenvalue weighted by Gasteiger charge is 2.14. The van der Waals surface area contributed by atoms with Gasteiger partial charge in [-0.1, -0.05) is 6.07 Å². The van der Waals surface area contributed by atoms with Crippen molar-refractivity contribution in [1.29, 1.82) is 0 Å². The SMILES string of the molecule is Cn1c(=O)oc2cc(-c3csc(CN4CCOCC4)n3)ccc21. The van der Waals surface area contributed by atoms with Crippen molar-refractivity contribution >= 4 is 22.4 Å². The predicted molar refractivity (Wildman–Crippen MR) is 88.7 cm³/mol. The molecule has 0 amide bonds. The molecule has 23 heavy (non-hydrogen) atoms. The van der Waals surface area contributed by atoms with Crippen LogP contribution in [0.2, 0.25) is 0 Å². The Balaban J connectivity index is 1.59. The first-order chi connectivity index (χ1) is 11.2. The zero-order valence-corrected chi connectivity index (χ0v) is 13.6. The normalized spacial score (nSPS) is 16.2. The molecule has 1 saturated heterocycles. The Morgan fingerprint density at radius 3 is 2.96 bits per heavy atom. The summed E-state index contributed by atoms with van der Waals surface area (Å²) in [4.78, 5) is 18.7. The number of benzene rings is 1. The van der Waals surface area contributed by atoms with Gasteiger partial charge >= 0.3 is 5.76 Å². The van der Waals surface area contributed by atoms with E-state index in [1.807, 2.05) is 18.2 Å². The van der Waals surface area contributed by atoms with Crippen LogP contribution in [0.3, 0.4) is 0 Å². The first-order valence-corrected chi connectivity index (χ1v) is 8.43. The molecular weight excluding hydrogens is 314 g/mol. The minimum Gasteiger partial charge on any atom is -0.408 e. The van der Waals surface area contributed by atoms with Crippen molar-refractivity contribution in [2.75, 3.05) is 26.3 Å². The Hall–Kier alpha value is -1.96. The van der Waals surface area contributed by atoms with Gasteiger partial charge in [0, 0.05) is 31.1 Å². The third-order valence-corrected chi connectivity index (χ3v) is 4.94. The molecule has 2 aromatic heterocycles. The highest BCUT2D eigenvalue weighted by Crippen LogP contribution is 2.26. The van der Waals surface area contributed by atoms with Crippen LogP contribution in [0.4, 0.5) is 0 Å². The zero-order chi connectivity index (χ0) is 15.8. The number of aromatic nitrogens is 2. The molecule has 6 nitrogen and oxygen atoms in total. The summed E-state index contributed by atoms with van der Waals surface area (Å²) < 4.78 is 12.1. The van der Waals surface area contributed by atoms with Gasteiger partial charge in [0.2, 0.25) is 0 Å². The molecule has 0 saturated carbocycles. The minimum absolute atomic E-state index is 0.344. The van der Waals surface area contributed by atoms with Crippen LogP contribution < -0.4 is 5.76 Å². The second-order valence-corrected chi connectivity index (χ2v) is 6.57. The molecule has 1 aliphatic rings. The van der Waals surface area contributed by atoms with Crippen LogP contribution in [0.25, 0.3) is 22.4 Å². The fourth-order valence-corrected chi connectivity index (χ4v) is 3.60. The fourth-order valence-electron chi connectivity index (χ4n) is 2.76. The van der Waals surface area contributed by atoms with Gasteiger partial charge in [-0.2, -0.15) is 0 Å². The van der Waals surface area contributed by atoms with Gasteiger partial charge in [-0.3, -0.25) is 9.47 Å². The van der Waals surface area contributed by atoms with E-state index in [4.69, 9.17) is 14.1 Å². The van der Waals surface area contributed by atoms with Crippen LogP contribution >= 0.6 is 11.3 Å². The molecule has 0 aliphatic carbocycles. The van der Waals surface area contributed by atoms with E-state index in [2.05, 4.69) is 10.3 Å². The zero-order valence-electron chi connectivity index (χ0n) is 12.8. The maximum Gasteiger partial charge on any atom is 0.419 e. The van der Waals surface area contributed by atoms with Crippen molar-refractivity contribution in [1.82, 2.24) is 14.5 Å². The Morgan fingerprint density at radius 1 is 1.30 bits per heavy atom. The molecule has 7 heteroatoms. The Bertz CT molecular complexity index is 889. The minimum atomic E-state index is -0.344. The first-order valence-electron chi connectivity index (χ1n) is 7.55. The lowest BCUT2D eigenvalue weighted by molar-refractivity contribution is 0.0342. The number of nitrogens with zero attached hydrogens (tertiary/aromatic N) is 3. The number of ether oxygens (including phenoxy) is 1. The number of thiazole rings is 1. The topological polar surface area (TPSA) is 60.5 Å². The van der Waals surface area contributed by atoms with Crippen LogP contribution in [0.15, 0.2) is 32.8 Å². The lowest BCUT2D eigenvalue weighted by Gasteiger charge is -2.25. The molecule has 0 bridgehead atoms. The van der Waals surface area contributed by atoms with Gasteiger partial charge in [0.25, 0.3) is 0 Å². The molecule has 4 rings (SSSR count). The van der Waals surface area contributed by atoms with Gasteiger partial charge in [0.1, 0.15) is 5.01 Å². The van der Waals surface area contributed by atoms with E-state index in [-0.39, 0.29) is 5.76 Å². The standard InChI is InChI=1S/C16H17N3O3S/c1-18-13-3-2-11(8-14(13)22-16(18)20)12-10-23-15(17-12)9-19-4-6-21-7-5-19/h2-3,8,10H,4-7,9H2,1H3. The third-order valence-electron chi connectivity index (χ3n) is 4.10. The molecule has 0 radical (unpaired) electrons. The Morgan fingerprint density at radius 2 is 2.13 bits per heavy atom. The Labute approximate surface area is 136 Å². The van der Waals surface area contributed by atoms with Crippen molar-refractivity contribution in [2.45, 2.75) is 6.54 Å². The van der Waals surface area contributed by atoms with E-state index in [1.165, 1.54) is 4.57 Å². The molecule has 0 atom stereocenters. The molecule has 1 aromatic carbocycles. The largest absolute Gasteiger partial charge is 0.419 e. The quantitative estimate of drug-likeness (QED) is 0.735. The van der Waals surface area contributed by atoms with Crippen LogP contribution in [-0.4, -0.2) is 40.8 Å². The van der Waals surface area contributed by atoms with Crippen LogP contribution in [0.5, 0.6) is 0 Å². The third kappa shape index (κ3) is 2.83. The predicted octanol–water partition coefficient (Wildman–Crippen LogP) is 2.09. The van der Waals surface area contributed by atoms with Gasteiger partial charge in [-0.25, -0.2) is 9.78 Å². The van der Waals surface area contributed by atoms with Crippen LogP contribution in [0.1, 0.15) is 5.01 Å². The summed E-state index contributed by atoms with van der Waals surface area (Å²) in [7, 11) is 1.71. The summed E-state index contributed by atoms with van der Waals surface area (Å²) in [5.74, 6) is -0.344. The van der Waals surface area contributed by atoms with E-state index in [9.17, 15) is 4.79 Å². The molecular formula is C16H17N3O3S. The highest BCUT2D eigenvalue weighted by molar-refractivity contribution is 7.09. The van der Waals surface area contributed by atoms with E-state index in [0.29, 0.717) is 5.58 Å². The summed E-state index contributed by atoms with van der Waals surface area (Å²) in [6, 6.07) is 5.76. The maximum absolute atomic E-state index is 11.6. The highest BCUT2D eigenvalue weighted by atomic mass is 32.1. The second kappa shape index (κ2) is 5.92. The summed E-state index contributed by atoms with van der Waals surface area (Å²) in [5.41, 5.74) is 3.28. The molecule has 0 spiro atoms. The Kier molecular flexibility index (Phi) is 3.76. The van der Waals surface area contributed by atoms with Crippen LogP contribution in [-0.2, 0) is 18.3 Å². The fraction of sp³-hybridized carbons (Fsp3) is 0.375. The second-order valence-electron chi connectivity index (χ2n) is 5.62. The molecule has 3 aromatic rings. The molecule has 0 unspecified atom stereocenters. The number of fused-ring (bicyclic) bond motifs is 1. The monoisotopic (exact) mass is 331 g/mol. The van der Waals surface area contributed by atoms with Crippen molar-refractivity contribution < 1.29 is 9.15 Å². The smallest absolute Gasteiger partial charge is 0.408 e. The van der Waals surface area contributed by atoms with Crippen molar-refractivity contribution in [3.63, 3.8) is 0 Å². The van der Waals surface area contributed by atoms with E-state index >= 15 is 0 Å². The molecule has 1 fully saturated rings. The molecule has 3 heterocycles. The van der Waals surface area contributed by atoms with E-state index < -0.39 is 0 Å². The van der Waals surface area contributed by atoms with Crippen molar-refractivity contribution in [2.24, 2.45) is 7.05 Å². The number of hydrogen-bond acceptors (Lipinski definition) is 6. The molecule has 0 N–H and O–H groups in total. The first kappa shape index (κ1) is 14.6. The lowest BCUT2D eigenvalue weighted by atomic mass is 10.1. The number of aryl methyl sites for hydroxylation is 1. The van der Waals surface area contributed by atoms with Gasteiger partial charge in [-0.05, 0) is 12.1 Å². The van der Waals surface area contributed by atoms with Crippen molar-refractivity contribution in [3.05, 3.63) is 39.1 Å². The van der Waals surface area contributed by atoms with Gasteiger partial charge < -0.3 is 9.15 Å². The van der Waals surface area contributed by atoms with Crippen molar-refractivity contribution in [3.8, 4) is 11.3 Å². The molecule has 120 valence electrons. The molecule has 1 aliphatic heterocycles. The maximum atomic E-state index is 11.6. The number of hydrogen-bond donors (Lipinski definition) is 0. The van der Waals surface area contributed by atoms with E-state index in [1.54, 1.807) is 18.4 Å². The summed E-state index contributed by atoms with van der Waals surface area (Å²) >= 11 is 1.66. The summed E-state index contributed by atoms with van der Waals surface area (Å²) in [6.07, 6.45) is 0. The van der Waals surface area contributed by atoms with E-state index in [0.717, 1.165) is 54.6 Å². The number of oxazole rings is 1. The van der Waals surface area contributed by atoms with Crippen LogP contribution in [0, 0.1) is 0 Å².